The molecule has 1 aromatic carbocycles. The Labute approximate surface area is 123 Å². The molecule has 0 fully saturated rings. The fourth-order valence-corrected chi connectivity index (χ4v) is 2.26. The lowest BCUT2D eigenvalue weighted by Crippen LogP contribution is -2.45. The number of benzene rings is 1. The fraction of sp³-hybridized carbons (Fsp3) is 0.333. The number of carbonyl (C=O) groups excluding carboxylic acids is 2. The van der Waals surface area contributed by atoms with Crippen molar-refractivity contribution in [2.45, 2.75) is 19.9 Å². The van der Waals surface area contributed by atoms with Gasteiger partial charge >= 0.3 is 12.0 Å². The summed E-state index contributed by atoms with van der Waals surface area (Å²) in [5.41, 5.74) is 1.64. The number of nitrogens with one attached hydrogen (secondary N) is 2. The van der Waals surface area contributed by atoms with Crippen LogP contribution in [0.15, 0.2) is 35.5 Å². The van der Waals surface area contributed by atoms with Gasteiger partial charge in [-0.05, 0) is 25.5 Å². The van der Waals surface area contributed by atoms with Gasteiger partial charge in [0.2, 0.25) is 0 Å². The highest BCUT2D eigenvalue weighted by atomic mass is 16.5. The second-order valence-corrected chi connectivity index (χ2v) is 4.55. The Kier molecular flexibility index (Phi) is 4.47. The van der Waals surface area contributed by atoms with E-state index in [-0.39, 0.29) is 12.3 Å². The van der Waals surface area contributed by atoms with Crippen LogP contribution in [-0.2, 0) is 9.53 Å². The van der Waals surface area contributed by atoms with Crippen LogP contribution in [0.2, 0.25) is 0 Å². The van der Waals surface area contributed by atoms with Gasteiger partial charge in [-0.15, -0.1) is 0 Å². The van der Waals surface area contributed by atoms with Crippen LogP contribution in [0.4, 0.5) is 4.79 Å². The zero-order chi connectivity index (χ0) is 15.4. The van der Waals surface area contributed by atoms with Gasteiger partial charge in [0.15, 0.2) is 0 Å². The molecule has 0 aromatic heterocycles. The number of esters is 1. The smallest absolute Gasteiger partial charge is 0.354 e. The predicted molar refractivity (Wildman–Crippen MR) is 76.7 cm³/mol. The lowest BCUT2D eigenvalue weighted by Gasteiger charge is -2.28. The van der Waals surface area contributed by atoms with Gasteiger partial charge in [-0.25, -0.2) is 9.59 Å². The Morgan fingerprint density at radius 2 is 2.05 bits per heavy atom. The topological polar surface area (TPSA) is 76.7 Å². The van der Waals surface area contributed by atoms with E-state index in [1.165, 1.54) is 0 Å². The van der Waals surface area contributed by atoms with E-state index in [9.17, 15) is 9.59 Å². The fourth-order valence-electron chi connectivity index (χ4n) is 2.26. The minimum absolute atomic E-state index is 0.177. The van der Waals surface area contributed by atoms with Crippen LogP contribution in [0.5, 0.6) is 5.75 Å². The molecule has 1 aliphatic heterocycles. The second-order valence-electron chi connectivity index (χ2n) is 4.55. The van der Waals surface area contributed by atoms with E-state index in [2.05, 4.69) is 10.6 Å². The van der Waals surface area contributed by atoms with E-state index < -0.39 is 18.0 Å². The Hall–Kier alpha value is -2.50. The van der Waals surface area contributed by atoms with Crippen LogP contribution < -0.4 is 15.4 Å². The molecule has 0 spiro atoms. The van der Waals surface area contributed by atoms with Gasteiger partial charge in [0.25, 0.3) is 0 Å². The minimum Gasteiger partial charge on any atom is -0.496 e. The number of para-hydroxylation sites is 1. The molecular formula is C15H18N2O4. The number of ether oxygens (including phenoxy) is 2. The maximum absolute atomic E-state index is 11.9. The van der Waals surface area contributed by atoms with Gasteiger partial charge in [-0.3, -0.25) is 0 Å². The van der Waals surface area contributed by atoms with Crippen LogP contribution in [0.25, 0.3) is 0 Å². The molecule has 6 nitrogen and oxygen atoms in total. The standard InChI is InChI=1S/C15H18N2O4/c1-4-21-14(18)13-9(2)12(16-15(19)17-13)10-7-5-6-8-11(10)20-3/h5-8,12H,4H2,1-3H3,(H2,16,17,19)/t12-/m0/s1. The van der Waals surface area contributed by atoms with Crippen LogP contribution in [0.3, 0.4) is 0 Å². The molecule has 21 heavy (non-hydrogen) atoms. The molecule has 0 aliphatic carbocycles. The van der Waals surface area contributed by atoms with Gasteiger partial charge in [0.05, 0.1) is 19.8 Å². The van der Waals surface area contributed by atoms with E-state index in [4.69, 9.17) is 9.47 Å². The van der Waals surface area contributed by atoms with Crippen molar-refractivity contribution in [1.29, 1.82) is 0 Å². The first kappa shape index (κ1) is 14.9. The molecule has 6 heteroatoms. The molecule has 1 heterocycles. The Balaban J connectivity index is 2.45. The van der Waals surface area contributed by atoms with Crippen molar-refractivity contribution in [3.8, 4) is 5.75 Å². The number of amides is 2. The van der Waals surface area contributed by atoms with E-state index in [1.54, 1.807) is 27.0 Å². The number of methoxy groups -OCH3 is 1. The third kappa shape index (κ3) is 2.99. The number of carbonyl (C=O) groups is 2. The molecule has 2 amide bonds. The van der Waals surface area contributed by atoms with Gasteiger partial charge in [-0.2, -0.15) is 0 Å². The molecule has 1 aromatic rings. The minimum atomic E-state index is -0.537. The first-order chi connectivity index (χ1) is 10.1. The molecule has 2 N–H and O–H groups in total. The normalized spacial score (nSPS) is 17.9. The maximum atomic E-state index is 11.9. The predicted octanol–water partition coefficient (Wildman–Crippen LogP) is 1.89. The lowest BCUT2D eigenvalue weighted by atomic mass is 9.96. The summed E-state index contributed by atoms with van der Waals surface area (Å²) in [5, 5.41) is 5.29. The summed E-state index contributed by atoms with van der Waals surface area (Å²) in [6.45, 7) is 3.74. The van der Waals surface area contributed by atoms with Crippen molar-refractivity contribution in [1.82, 2.24) is 10.6 Å². The average Bonchev–Trinajstić information content (AvgIpc) is 2.49. The summed E-state index contributed by atoms with van der Waals surface area (Å²) in [5.74, 6) is 0.108. The van der Waals surface area contributed by atoms with Crippen LogP contribution >= 0.6 is 0 Å². The van der Waals surface area contributed by atoms with Crippen LogP contribution in [-0.4, -0.2) is 25.7 Å². The molecule has 1 atom stereocenters. The summed E-state index contributed by atoms with van der Waals surface area (Å²) in [7, 11) is 1.56. The molecule has 0 bridgehead atoms. The molecule has 0 unspecified atom stereocenters. The average molecular weight is 290 g/mol. The summed E-state index contributed by atoms with van der Waals surface area (Å²) < 4.78 is 10.3. The van der Waals surface area contributed by atoms with Crippen molar-refractivity contribution in [3.05, 3.63) is 41.1 Å². The molecule has 0 saturated heterocycles. The second kappa shape index (κ2) is 6.30. The Morgan fingerprint density at radius 1 is 1.33 bits per heavy atom. The van der Waals surface area contributed by atoms with Crippen molar-refractivity contribution in [2.75, 3.05) is 13.7 Å². The molecule has 0 radical (unpaired) electrons. The van der Waals surface area contributed by atoms with Gasteiger partial charge in [0.1, 0.15) is 11.4 Å². The largest absolute Gasteiger partial charge is 0.496 e. The SMILES string of the molecule is CCOC(=O)C1=C(C)[C@@H](c2ccccc2OC)NC(=O)N1. The van der Waals surface area contributed by atoms with Crippen molar-refractivity contribution >= 4 is 12.0 Å². The van der Waals surface area contributed by atoms with Gasteiger partial charge in [-0.1, -0.05) is 18.2 Å². The van der Waals surface area contributed by atoms with Crippen molar-refractivity contribution in [3.63, 3.8) is 0 Å². The number of rotatable bonds is 4. The highest BCUT2D eigenvalue weighted by Gasteiger charge is 2.30. The number of hydrogen-bond donors (Lipinski definition) is 2. The first-order valence-corrected chi connectivity index (χ1v) is 6.66. The molecule has 112 valence electrons. The van der Waals surface area contributed by atoms with Crippen LogP contribution in [0.1, 0.15) is 25.5 Å². The summed E-state index contributed by atoms with van der Waals surface area (Å²) in [6, 6.07) is 6.47. The van der Waals surface area contributed by atoms with Crippen molar-refractivity contribution < 1.29 is 19.1 Å². The number of hydrogen-bond acceptors (Lipinski definition) is 4. The van der Waals surface area contributed by atoms with E-state index in [0.29, 0.717) is 11.3 Å². The molecule has 2 rings (SSSR count). The number of urea groups is 1. The molecule has 1 aliphatic rings. The maximum Gasteiger partial charge on any atom is 0.354 e. The Morgan fingerprint density at radius 3 is 2.71 bits per heavy atom. The van der Waals surface area contributed by atoms with Gasteiger partial charge < -0.3 is 20.1 Å². The first-order valence-electron chi connectivity index (χ1n) is 6.66. The van der Waals surface area contributed by atoms with E-state index >= 15 is 0 Å². The van der Waals surface area contributed by atoms with E-state index in [1.807, 2.05) is 18.2 Å². The van der Waals surface area contributed by atoms with E-state index in [0.717, 1.165) is 5.56 Å². The summed E-state index contributed by atoms with van der Waals surface area (Å²) in [6.07, 6.45) is 0. The monoisotopic (exact) mass is 290 g/mol. The van der Waals surface area contributed by atoms with Crippen LogP contribution in [0, 0.1) is 0 Å². The Bertz CT molecular complexity index is 595. The highest BCUT2D eigenvalue weighted by molar-refractivity contribution is 5.96. The third-order valence-corrected chi connectivity index (χ3v) is 3.27. The zero-order valence-electron chi connectivity index (χ0n) is 12.2. The molecular weight excluding hydrogens is 272 g/mol. The van der Waals surface area contributed by atoms with Gasteiger partial charge in [0, 0.05) is 5.56 Å². The summed E-state index contributed by atoms with van der Waals surface area (Å²) >= 11 is 0. The molecule has 0 saturated carbocycles. The van der Waals surface area contributed by atoms with Crippen molar-refractivity contribution in [2.24, 2.45) is 0 Å². The lowest BCUT2D eigenvalue weighted by molar-refractivity contribution is -0.139. The zero-order valence-corrected chi connectivity index (χ0v) is 12.2. The third-order valence-electron chi connectivity index (χ3n) is 3.27. The highest BCUT2D eigenvalue weighted by Crippen LogP contribution is 2.32. The quantitative estimate of drug-likeness (QED) is 0.830. The summed E-state index contributed by atoms with van der Waals surface area (Å²) in [4.78, 5) is 23.7.